The van der Waals surface area contributed by atoms with Crippen LogP contribution < -0.4 is 10.6 Å². The highest BCUT2D eigenvalue weighted by atomic mass is 16.5. The van der Waals surface area contributed by atoms with E-state index in [1.54, 1.807) is 35.5 Å². The number of ketones is 1. The van der Waals surface area contributed by atoms with E-state index in [4.69, 9.17) is 47.4 Å². The number of nitrogens with one attached hydrogen (secondary N) is 2. The predicted octanol–water partition coefficient (Wildman–Crippen LogP) is 8.93. The van der Waals surface area contributed by atoms with Crippen LogP contribution in [-0.2, 0) is 52.2 Å². The van der Waals surface area contributed by atoms with Crippen molar-refractivity contribution in [3.63, 3.8) is 0 Å². The molecule has 376 valence electrons. The van der Waals surface area contributed by atoms with Gasteiger partial charge in [-0.05, 0) is 38.5 Å². The Morgan fingerprint density at radius 3 is 1.08 bits per heavy atom. The maximum atomic E-state index is 11.2. The Labute approximate surface area is 379 Å². The minimum atomic E-state index is 0.152. The Balaban J connectivity index is -0.000000151. The van der Waals surface area contributed by atoms with E-state index in [0.717, 1.165) is 57.8 Å². The van der Waals surface area contributed by atoms with Crippen LogP contribution in [0.1, 0.15) is 135 Å². The second kappa shape index (κ2) is 65.8. The normalized spacial score (nSPS) is 10.8. The molecular formula is C48H108N2O11. The van der Waals surface area contributed by atoms with Crippen molar-refractivity contribution in [2.45, 2.75) is 153 Å². The van der Waals surface area contributed by atoms with Gasteiger partial charge in [-0.1, -0.05) is 102 Å². The number of hydrogen-bond acceptors (Lipinski definition) is 13. The van der Waals surface area contributed by atoms with E-state index in [-0.39, 0.29) is 5.92 Å². The lowest BCUT2D eigenvalue weighted by Gasteiger charge is -2.07. The molecule has 2 N–H and O–H groups in total. The van der Waals surface area contributed by atoms with Gasteiger partial charge in [-0.25, -0.2) is 0 Å². The number of hydrogen-bond donors (Lipinski definition) is 2. The first-order valence-electron chi connectivity index (χ1n) is 23.4. The summed E-state index contributed by atoms with van der Waals surface area (Å²) in [5.41, 5.74) is 0. The molecule has 13 nitrogen and oxygen atoms in total. The fraction of sp³-hybridized carbons (Fsp3) is 0.979. The van der Waals surface area contributed by atoms with Crippen LogP contribution in [0.15, 0.2) is 0 Å². The molecule has 0 fully saturated rings. The molecule has 0 aromatic carbocycles. The van der Waals surface area contributed by atoms with E-state index < -0.39 is 0 Å². The summed E-state index contributed by atoms with van der Waals surface area (Å²) in [6.07, 6.45) is 8.26. The minimum absolute atomic E-state index is 0.152. The minimum Gasteiger partial charge on any atom is -0.382 e. The zero-order valence-electron chi connectivity index (χ0n) is 43.7. The molecule has 0 saturated heterocycles. The molecule has 0 spiro atoms. The molecule has 0 aliphatic heterocycles. The van der Waals surface area contributed by atoms with Gasteiger partial charge in [0.1, 0.15) is 5.78 Å². The fourth-order valence-corrected chi connectivity index (χ4v) is 4.16. The lowest BCUT2D eigenvalue weighted by molar-refractivity contribution is -0.122. The molecule has 0 aromatic heterocycles. The summed E-state index contributed by atoms with van der Waals surface area (Å²) in [6, 6.07) is 1.09. The predicted molar refractivity (Wildman–Crippen MR) is 258 cm³/mol. The zero-order chi connectivity index (χ0) is 47.8. The third kappa shape index (κ3) is 99.1. The van der Waals surface area contributed by atoms with Crippen molar-refractivity contribution in [1.82, 2.24) is 10.6 Å². The second-order valence-electron chi connectivity index (χ2n) is 16.3. The van der Waals surface area contributed by atoms with E-state index in [9.17, 15) is 4.79 Å². The number of Topliss-reactive ketones (excluding diaryl/α,β-unsaturated/α-hetero) is 1. The highest BCUT2D eigenvalue weighted by Crippen LogP contribution is 2.06. The Kier molecular flexibility index (Phi) is 77.5. The molecule has 0 bridgehead atoms. The van der Waals surface area contributed by atoms with Gasteiger partial charge in [-0.3, -0.25) is 4.79 Å². The van der Waals surface area contributed by atoms with E-state index >= 15 is 0 Å². The topological polar surface area (TPSA) is 133 Å². The maximum Gasteiger partial charge on any atom is 0.135 e. The monoisotopic (exact) mass is 889 g/mol. The molecule has 0 aromatic rings. The lowest BCUT2D eigenvalue weighted by Crippen LogP contribution is -2.27. The van der Waals surface area contributed by atoms with Gasteiger partial charge in [-0.15, -0.1) is 0 Å². The van der Waals surface area contributed by atoms with Crippen molar-refractivity contribution >= 4 is 5.78 Å². The molecule has 0 aliphatic carbocycles. The molecular weight excluding hydrogens is 781 g/mol. The largest absolute Gasteiger partial charge is 0.382 e. The molecule has 13 heteroatoms. The van der Waals surface area contributed by atoms with Crippen LogP contribution in [0.2, 0.25) is 0 Å². The molecule has 0 radical (unpaired) electrons. The molecule has 0 aliphatic rings. The van der Waals surface area contributed by atoms with E-state index in [1.165, 1.54) is 32.1 Å². The van der Waals surface area contributed by atoms with E-state index in [0.29, 0.717) is 96.5 Å². The van der Waals surface area contributed by atoms with Gasteiger partial charge >= 0.3 is 0 Å². The third-order valence-electron chi connectivity index (χ3n) is 7.61. The van der Waals surface area contributed by atoms with Gasteiger partial charge in [0.15, 0.2) is 0 Å². The SMILES string of the molecule is CCCC(C)C.COCCOC(C)C.COCCOCCCC(=O)C(C)C.COCCOCCCCC(C)C.COCCOCCNC(C)C.COCCOCCNC(C)C. The van der Waals surface area contributed by atoms with Gasteiger partial charge in [0.2, 0.25) is 0 Å². The number of ether oxygens (including phenoxy) is 10. The molecule has 61 heavy (non-hydrogen) atoms. The van der Waals surface area contributed by atoms with Crippen LogP contribution in [0.25, 0.3) is 0 Å². The molecule has 0 saturated carbocycles. The quantitative estimate of drug-likeness (QED) is 0.0581. The van der Waals surface area contributed by atoms with Crippen molar-refractivity contribution in [2.75, 3.05) is 141 Å². The number of carbonyl (C=O) groups excluding carboxylic acids is 1. The van der Waals surface area contributed by atoms with Crippen molar-refractivity contribution in [3.05, 3.63) is 0 Å². The summed E-state index contributed by atoms with van der Waals surface area (Å²) < 4.78 is 50.3. The van der Waals surface area contributed by atoms with E-state index in [1.807, 2.05) is 27.7 Å². The summed E-state index contributed by atoms with van der Waals surface area (Å²) in [4.78, 5) is 11.2. The Morgan fingerprint density at radius 1 is 0.426 bits per heavy atom. The fourth-order valence-electron chi connectivity index (χ4n) is 4.16. The first kappa shape index (κ1) is 71.8. The summed E-state index contributed by atoms with van der Waals surface area (Å²) in [7, 11) is 8.36. The molecule has 0 amide bonds. The van der Waals surface area contributed by atoms with Crippen molar-refractivity contribution in [3.8, 4) is 0 Å². The van der Waals surface area contributed by atoms with E-state index in [2.05, 4.69) is 72.9 Å². The molecule has 0 rings (SSSR count). The van der Waals surface area contributed by atoms with Gasteiger partial charge in [0, 0.05) is 86.3 Å². The number of carbonyl (C=O) groups is 1. The molecule has 0 heterocycles. The molecule has 0 unspecified atom stereocenters. The van der Waals surface area contributed by atoms with Crippen LogP contribution in [-0.4, -0.2) is 165 Å². The molecule has 0 atom stereocenters. The maximum absolute atomic E-state index is 11.2. The van der Waals surface area contributed by atoms with Crippen LogP contribution in [0.5, 0.6) is 0 Å². The van der Waals surface area contributed by atoms with Gasteiger partial charge in [0.25, 0.3) is 0 Å². The van der Waals surface area contributed by atoms with Crippen molar-refractivity contribution in [2.24, 2.45) is 17.8 Å². The van der Waals surface area contributed by atoms with Gasteiger partial charge < -0.3 is 58.0 Å². The summed E-state index contributed by atoms with van der Waals surface area (Å²) in [6.45, 7) is 39.3. The van der Waals surface area contributed by atoms with Crippen LogP contribution >= 0.6 is 0 Å². The lowest BCUT2D eigenvalue weighted by atomic mass is 10.1. The summed E-state index contributed by atoms with van der Waals surface area (Å²) in [5.74, 6) is 2.19. The highest BCUT2D eigenvalue weighted by molar-refractivity contribution is 5.80. The van der Waals surface area contributed by atoms with Crippen LogP contribution in [0.4, 0.5) is 0 Å². The van der Waals surface area contributed by atoms with Crippen molar-refractivity contribution < 1.29 is 52.2 Å². The first-order chi connectivity index (χ1) is 29.0. The summed E-state index contributed by atoms with van der Waals surface area (Å²) in [5, 5.41) is 6.51. The smallest absolute Gasteiger partial charge is 0.135 e. The zero-order valence-corrected chi connectivity index (χ0v) is 43.7. The van der Waals surface area contributed by atoms with Crippen molar-refractivity contribution in [1.29, 1.82) is 0 Å². The van der Waals surface area contributed by atoms with Crippen LogP contribution in [0.3, 0.4) is 0 Å². The van der Waals surface area contributed by atoms with Gasteiger partial charge in [0.05, 0.1) is 85.4 Å². The van der Waals surface area contributed by atoms with Crippen LogP contribution in [0, 0.1) is 17.8 Å². The Morgan fingerprint density at radius 2 is 0.787 bits per heavy atom. The average molecular weight is 889 g/mol. The highest BCUT2D eigenvalue weighted by Gasteiger charge is 2.05. The first-order valence-corrected chi connectivity index (χ1v) is 23.4. The third-order valence-corrected chi connectivity index (χ3v) is 7.61. The van der Waals surface area contributed by atoms with Gasteiger partial charge in [-0.2, -0.15) is 0 Å². The summed E-state index contributed by atoms with van der Waals surface area (Å²) >= 11 is 0. The second-order valence-corrected chi connectivity index (χ2v) is 16.3. The average Bonchev–Trinajstić information content (AvgIpc) is 3.19. The Hall–Kier alpha value is -0.810. The Bertz CT molecular complexity index is 712. The standard InChI is InChI=1S/C10H20O3.C10H22O2.2C8H19NO2.C6H14O2.C6H14/c1-9(2)10(11)5-4-6-13-8-7-12-3;1-10(2)6-4-5-7-12-9-8-11-3;2*1-8(2)9-4-5-11-7-6-10-3;1-6(2)8-5-4-7-3;1-4-5-6(2)3/h9H,4-8H2,1-3H3;10H,4-9H2,1-3H3;2*8-9H,4-7H2,1-3H3;6H,4-5H2,1-3H3;6H,4-5H2,1-3H3. The number of unbranched alkanes of at least 4 members (excludes halogenated alkanes) is 1. The number of rotatable bonds is 36. The number of methoxy groups -OCH3 is 5.